The Morgan fingerprint density at radius 2 is 0.764 bits per heavy atom. The summed E-state index contributed by atoms with van der Waals surface area (Å²) in [5.74, 6) is -0.888. The van der Waals surface area contributed by atoms with Crippen molar-refractivity contribution >= 4 is 19.8 Å². The van der Waals surface area contributed by atoms with E-state index >= 15 is 0 Å². The number of phosphoric ester groups is 1. The van der Waals surface area contributed by atoms with Crippen molar-refractivity contribution in [1.29, 1.82) is 0 Å². The van der Waals surface area contributed by atoms with E-state index in [4.69, 9.17) is 24.3 Å². The van der Waals surface area contributed by atoms with Gasteiger partial charge in [-0.25, -0.2) is 4.57 Å². The summed E-state index contributed by atoms with van der Waals surface area (Å²) in [5.41, 5.74) is 5.37. The smallest absolute Gasteiger partial charge is 0.462 e. The molecule has 3 N–H and O–H groups in total. The van der Waals surface area contributed by atoms with Gasteiger partial charge < -0.3 is 20.1 Å². The Morgan fingerprint density at radius 3 is 1.12 bits per heavy atom. The van der Waals surface area contributed by atoms with E-state index in [2.05, 4.69) is 68.5 Å². The van der Waals surface area contributed by atoms with Gasteiger partial charge in [0, 0.05) is 19.4 Å². The van der Waals surface area contributed by atoms with Gasteiger partial charge in [0.15, 0.2) is 6.10 Å². The summed E-state index contributed by atoms with van der Waals surface area (Å²) in [6.45, 7) is 3.59. The maximum absolute atomic E-state index is 12.6. The topological polar surface area (TPSA) is 134 Å². The Hall–Kier alpha value is -2.29. The highest BCUT2D eigenvalue weighted by molar-refractivity contribution is 7.47. The van der Waals surface area contributed by atoms with Crippen LogP contribution in [0, 0.1) is 0 Å². The molecule has 10 heteroatoms. The van der Waals surface area contributed by atoms with Crippen LogP contribution >= 0.6 is 7.82 Å². The average Bonchev–Trinajstić information content (AvgIpc) is 3.37. The predicted octanol–water partition coefficient (Wildman–Crippen LogP) is 19.1. The number of phosphoric acid groups is 1. The Labute approximate surface area is 444 Å². The Bertz CT molecular complexity index is 1360. The minimum Gasteiger partial charge on any atom is -0.462 e. The molecule has 420 valence electrons. The van der Waals surface area contributed by atoms with E-state index in [1.807, 2.05) is 6.08 Å². The minimum atomic E-state index is -4.40. The average molecular weight is 1030 g/mol. The summed E-state index contributed by atoms with van der Waals surface area (Å²) < 4.78 is 32.9. The van der Waals surface area contributed by atoms with Crippen LogP contribution in [0.15, 0.2) is 60.8 Å². The molecular weight excluding hydrogens is 918 g/mol. The first-order valence-electron chi connectivity index (χ1n) is 30.3. The number of hydrogen-bond acceptors (Lipinski definition) is 8. The van der Waals surface area contributed by atoms with Gasteiger partial charge in [0.05, 0.1) is 13.2 Å². The SMILES string of the molecule is CC/C=C\C/C=C\C/C=C\C/C=C\C/C=C\CCCC(=O)OC(COC(=O)CCCCCCCCCCCCCCCCCCCCCCCCCCCCCCCCCCCC)COP(=O)(O)OCCN. The molecule has 0 aromatic heterocycles. The summed E-state index contributed by atoms with van der Waals surface area (Å²) in [6, 6.07) is 0. The Morgan fingerprint density at radius 1 is 0.431 bits per heavy atom. The van der Waals surface area contributed by atoms with Gasteiger partial charge in [0.2, 0.25) is 0 Å². The lowest BCUT2D eigenvalue weighted by Crippen LogP contribution is -2.29. The first kappa shape index (κ1) is 69.7. The Kier molecular flexibility index (Phi) is 56.1. The molecule has 0 fully saturated rings. The fourth-order valence-electron chi connectivity index (χ4n) is 8.73. The molecule has 0 spiro atoms. The van der Waals surface area contributed by atoms with Crippen molar-refractivity contribution in [1.82, 2.24) is 0 Å². The molecular formula is C62H114NO8P. The van der Waals surface area contributed by atoms with Crippen LogP contribution in [0.25, 0.3) is 0 Å². The predicted molar refractivity (Wildman–Crippen MR) is 307 cm³/mol. The number of unbranched alkanes of at least 4 members (excludes halogenated alkanes) is 34. The number of carbonyl (C=O) groups excluding carboxylic acids is 2. The van der Waals surface area contributed by atoms with Crippen molar-refractivity contribution in [3.63, 3.8) is 0 Å². The fraction of sp³-hybridized carbons (Fsp3) is 0.806. The molecule has 0 aromatic carbocycles. The van der Waals surface area contributed by atoms with E-state index in [9.17, 15) is 19.0 Å². The molecule has 0 aliphatic carbocycles. The fourth-order valence-corrected chi connectivity index (χ4v) is 9.50. The van der Waals surface area contributed by atoms with Crippen LogP contribution in [0.5, 0.6) is 0 Å². The molecule has 2 atom stereocenters. The zero-order valence-electron chi connectivity index (χ0n) is 46.9. The molecule has 0 heterocycles. The van der Waals surface area contributed by atoms with Crippen molar-refractivity contribution in [2.75, 3.05) is 26.4 Å². The van der Waals surface area contributed by atoms with Gasteiger partial charge in [-0.05, 0) is 51.4 Å². The molecule has 2 unspecified atom stereocenters. The highest BCUT2D eigenvalue weighted by Gasteiger charge is 2.26. The molecule has 0 aromatic rings. The van der Waals surface area contributed by atoms with Gasteiger partial charge in [0.1, 0.15) is 6.61 Å². The molecule has 0 bridgehead atoms. The van der Waals surface area contributed by atoms with Crippen molar-refractivity contribution in [3.8, 4) is 0 Å². The van der Waals surface area contributed by atoms with Crippen molar-refractivity contribution in [3.05, 3.63) is 60.8 Å². The van der Waals surface area contributed by atoms with Crippen LogP contribution < -0.4 is 5.73 Å². The van der Waals surface area contributed by atoms with E-state index < -0.39 is 32.5 Å². The van der Waals surface area contributed by atoms with Gasteiger partial charge >= 0.3 is 19.8 Å². The van der Waals surface area contributed by atoms with Gasteiger partial charge in [-0.2, -0.15) is 0 Å². The van der Waals surface area contributed by atoms with E-state index in [0.717, 1.165) is 51.4 Å². The van der Waals surface area contributed by atoms with Gasteiger partial charge in [-0.1, -0.05) is 286 Å². The van der Waals surface area contributed by atoms with Crippen LogP contribution in [0.4, 0.5) is 0 Å². The van der Waals surface area contributed by atoms with E-state index in [-0.39, 0.29) is 32.6 Å². The minimum absolute atomic E-state index is 0.0432. The molecule has 0 aliphatic heterocycles. The molecule has 72 heavy (non-hydrogen) atoms. The molecule has 0 radical (unpaired) electrons. The van der Waals surface area contributed by atoms with Crippen LogP contribution in [-0.4, -0.2) is 49.3 Å². The van der Waals surface area contributed by atoms with Gasteiger partial charge in [0.25, 0.3) is 0 Å². The third kappa shape index (κ3) is 57.0. The maximum Gasteiger partial charge on any atom is 0.472 e. The zero-order valence-corrected chi connectivity index (χ0v) is 47.8. The normalized spacial score (nSPS) is 13.4. The number of rotatable bonds is 57. The number of ether oxygens (including phenoxy) is 2. The summed E-state index contributed by atoms with van der Waals surface area (Å²) >= 11 is 0. The van der Waals surface area contributed by atoms with Gasteiger partial charge in [-0.15, -0.1) is 0 Å². The molecule has 0 saturated heterocycles. The molecule has 0 aliphatic rings. The Balaban J connectivity index is 3.85. The van der Waals surface area contributed by atoms with Crippen molar-refractivity contribution < 1.29 is 37.6 Å². The van der Waals surface area contributed by atoms with Crippen molar-refractivity contribution in [2.45, 2.75) is 296 Å². The quantitative estimate of drug-likeness (QED) is 0.0264. The number of esters is 2. The number of nitrogens with two attached hydrogens (primary N) is 1. The van der Waals surface area contributed by atoms with E-state index in [0.29, 0.717) is 12.8 Å². The number of hydrogen-bond donors (Lipinski definition) is 2. The highest BCUT2D eigenvalue weighted by Crippen LogP contribution is 2.43. The van der Waals surface area contributed by atoms with Crippen LogP contribution in [0.3, 0.4) is 0 Å². The molecule has 0 rings (SSSR count). The molecule has 9 nitrogen and oxygen atoms in total. The van der Waals surface area contributed by atoms with Gasteiger partial charge in [-0.3, -0.25) is 18.6 Å². The van der Waals surface area contributed by atoms with Crippen LogP contribution in [0.1, 0.15) is 290 Å². The lowest BCUT2D eigenvalue weighted by atomic mass is 10.0. The number of carbonyl (C=O) groups is 2. The second-order valence-corrected chi connectivity index (χ2v) is 21.7. The summed E-state index contributed by atoms with van der Waals surface area (Å²) in [6.07, 6.45) is 73.3. The van der Waals surface area contributed by atoms with E-state index in [1.54, 1.807) is 0 Å². The van der Waals surface area contributed by atoms with E-state index in [1.165, 1.54) is 199 Å². The lowest BCUT2D eigenvalue weighted by molar-refractivity contribution is -0.161. The van der Waals surface area contributed by atoms with Crippen LogP contribution in [-0.2, 0) is 32.7 Å². The maximum atomic E-state index is 12.6. The monoisotopic (exact) mass is 1030 g/mol. The van der Waals surface area contributed by atoms with Crippen LogP contribution in [0.2, 0.25) is 0 Å². The zero-order chi connectivity index (χ0) is 52.4. The summed E-state index contributed by atoms with van der Waals surface area (Å²) in [4.78, 5) is 35.1. The summed E-state index contributed by atoms with van der Waals surface area (Å²) in [5, 5.41) is 0. The first-order chi connectivity index (χ1) is 35.3. The summed E-state index contributed by atoms with van der Waals surface area (Å²) in [7, 11) is -4.40. The molecule has 0 saturated carbocycles. The molecule has 0 amide bonds. The number of allylic oxidation sites excluding steroid dienone is 10. The lowest BCUT2D eigenvalue weighted by Gasteiger charge is -2.19. The third-order valence-corrected chi connectivity index (χ3v) is 14.2. The van der Waals surface area contributed by atoms with Crippen molar-refractivity contribution in [2.24, 2.45) is 5.73 Å². The first-order valence-corrected chi connectivity index (χ1v) is 31.8. The third-order valence-electron chi connectivity index (χ3n) is 13.2. The second kappa shape index (κ2) is 58.0. The highest BCUT2D eigenvalue weighted by atomic mass is 31.2. The second-order valence-electron chi connectivity index (χ2n) is 20.2. The largest absolute Gasteiger partial charge is 0.472 e. The standard InChI is InChI=1S/C62H114NO8P/c1-3-5-7-9-11-13-15-17-19-21-22-23-24-25-26-27-28-29-30-31-32-33-34-35-36-37-39-40-42-44-46-48-50-52-54-61(64)68-58-60(59-70-72(66,67)69-57-56-63)71-62(65)55-53-51-49-47-45-43-41-38-20-18-16-14-12-10-8-6-4-2/h6,8,12,14,18,20,41,43,47,49,60H,3-5,7,9-11,13,15-17,19,21-40,42,44-46,48,50-59,63H2,1-2H3,(H,66,67)/b8-6-,14-12-,20-18-,43-41-,49-47-.